The Morgan fingerprint density at radius 1 is 0.857 bits per heavy atom. The molecule has 6 atom stereocenters. The lowest BCUT2D eigenvalue weighted by molar-refractivity contribution is -0.164. The van der Waals surface area contributed by atoms with Gasteiger partial charge < -0.3 is 14.6 Å². The number of fused-ring (bicyclic) bond motifs is 5. The second-order valence-corrected chi connectivity index (χ2v) is 15.2. The van der Waals surface area contributed by atoms with E-state index < -0.39 is 35.5 Å². The zero-order valence-electron chi connectivity index (χ0n) is 30.1. The van der Waals surface area contributed by atoms with Crippen LogP contribution in [0.3, 0.4) is 0 Å². The molecule has 1 N–H and O–H groups in total. The first-order chi connectivity index (χ1) is 23.6. The molecule has 0 aromatic rings. The van der Waals surface area contributed by atoms with Gasteiger partial charge in [-0.1, -0.05) is 89.0 Å². The molecular weight excluding hydrogens is 620 g/mol. The lowest BCUT2D eigenvalue weighted by atomic mass is 9.49. The number of carbonyl (C=O) groups is 5. The average Bonchev–Trinajstić information content (AvgIpc) is 3.42. The summed E-state index contributed by atoms with van der Waals surface area (Å²) in [6, 6.07) is 0. The number of esters is 2. The van der Waals surface area contributed by atoms with Crippen molar-refractivity contribution in [2.45, 2.75) is 148 Å². The summed E-state index contributed by atoms with van der Waals surface area (Å²) >= 11 is 0. The zero-order chi connectivity index (χ0) is 35.3. The lowest BCUT2D eigenvalue weighted by Gasteiger charge is -2.54. The van der Waals surface area contributed by atoms with E-state index in [2.05, 4.69) is 19.1 Å². The summed E-state index contributed by atoms with van der Waals surface area (Å²) in [4.78, 5) is 63.3. The number of rotatable bonds is 21. The van der Waals surface area contributed by atoms with Crippen LogP contribution in [0.1, 0.15) is 142 Å². The monoisotopic (exact) mass is 680 g/mol. The highest BCUT2D eigenvalue weighted by Crippen LogP contribution is 2.61. The highest BCUT2D eigenvalue weighted by molar-refractivity contribution is 6.02. The van der Waals surface area contributed by atoms with E-state index in [0.29, 0.717) is 32.3 Å². The van der Waals surface area contributed by atoms with E-state index in [1.807, 2.05) is 13.0 Å². The molecule has 3 saturated carbocycles. The molecule has 49 heavy (non-hydrogen) atoms. The summed E-state index contributed by atoms with van der Waals surface area (Å²) in [5.74, 6) is -3.03. The fourth-order valence-corrected chi connectivity index (χ4v) is 9.05. The van der Waals surface area contributed by atoms with Gasteiger partial charge in [-0.2, -0.15) is 0 Å². The maximum atomic E-state index is 13.6. The minimum absolute atomic E-state index is 0.0579. The number of unbranched alkanes of at least 4 members (excludes halogenated alkanes) is 11. The van der Waals surface area contributed by atoms with Crippen LogP contribution in [-0.2, 0) is 33.4 Å². The fourth-order valence-electron chi connectivity index (χ4n) is 9.05. The maximum absolute atomic E-state index is 13.6. The molecule has 0 amide bonds. The molecule has 0 aliphatic heterocycles. The van der Waals surface area contributed by atoms with Gasteiger partial charge in [-0.3, -0.25) is 24.0 Å². The van der Waals surface area contributed by atoms with Gasteiger partial charge in [-0.25, -0.2) is 0 Å². The van der Waals surface area contributed by atoms with Crippen molar-refractivity contribution in [1.82, 2.24) is 0 Å². The van der Waals surface area contributed by atoms with Gasteiger partial charge in [0.25, 0.3) is 0 Å². The molecule has 4 aliphatic carbocycles. The van der Waals surface area contributed by atoms with E-state index in [0.717, 1.165) is 31.3 Å². The van der Waals surface area contributed by atoms with E-state index in [-0.39, 0.29) is 54.4 Å². The van der Waals surface area contributed by atoms with Crippen LogP contribution in [0.5, 0.6) is 0 Å². The minimum atomic E-state index is -1.46. The summed E-state index contributed by atoms with van der Waals surface area (Å²) in [5.41, 5.74) is -1.02. The molecule has 3 fully saturated rings. The van der Waals surface area contributed by atoms with Gasteiger partial charge >= 0.3 is 11.9 Å². The van der Waals surface area contributed by atoms with Gasteiger partial charge in [-0.05, 0) is 81.8 Å². The molecule has 0 spiro atoms. The minimum Gasteiger partial charge on any atom is -0.466 e. The quantitative estimate of drug-likeness (QED) is 0.0737. The van der Waals surface area contributed by atoms with Crippen LogP contribution in [-0.4, -0.2) is 53.2 Å². The zero-order valence-corrected chi connectivity index (χ0v) is 30.1. The Balaban J connectivity index is 1.06. The van der Waals surface area contributed by atoms with E-state index in [1.54, 1.807) is 6.08 Å². The summed E-state index contributed by atoms with van der Waals surface area (Å²) in [7, 11) is 0. The number of allylic oxidation sites excluding steroid dienone is 6. The highest BCUT2D eigenvalue weighted by atomic mass is 16.5. The Hall–Kier alpha value is -2.87. The number of hydrogen-bond acceptors (Lipinski definition) is 8. The standard InChI is InChI=1S/C41H60O8/c1-3-4-5-6-7-8-9-10-11-12-13-14-15-16-17-26-48-37(45)22-23-38(46)49-29-36(44)34-21-20-33-32-19-18-30-27-31(42)24-25-40(30,2)39(32)35(43)28-41(33,34)47/h9-10,24-25,27,32-34,39,47H,3-8,11-23,26,28-29H2,1-2H3/b10-9-/t32?,33?,34?,39-,40?,41?/m1/s1. The predicted molar refractivity (Wildman–Crippen MR) is 188 cm³/mol. The van der Waals surface area contributed by atoms with Crippen molar-refractivity contribution < 1.29 is 38.6 Å². The largest absolute Gasteiger partial charge is 0.466 e. The summed E-state index contributed by atoms with van der Waals surface area (Å²) in [5, 5.41) is 11.8. The van der Waals surface area contributed by atoms with Gasteiger partial charge in [0.05, 0.1) is 31.0 Å². The van der Waals surface area contributed by atoms with Gasteiger partial charge in [-0.15, -0.1) is 0 Å². The van der Waals surface area contributed by atoms with Gasteiger partial charge in [0.1, 0.15) is 12.4 Å². The van der Waals surface area contributed by atoms with Crippen LogP contribution >= 0.6 is 0 Å². The average molecular weight is 681 g/mol. The van der Waals surface area contributed by atoms with Crippen molar-refractivity contribution in [3.05, 3.63) is 36.0 Å². The third-order valence-electron chi connectivity index (χ3n) is 11.7. The molecule has 8 nitrogen and oxygen atoms in total. The van der Waals surface area contributed by atoms with Crippen LogP contribution in [0.25, 0.3) is 0 Å². The van der Waals surface area contributed by atoms with E-state index >= 15 is 0 Å². The number of ether oxygens (including phenoxy) is 2. The third-order valence-corrected chi connectivity index (χ3v) is 11.7. The molecule has 4 rings (SSSR count). The Morgan fingerprint density at radius 3 is 2.18 bits per heavy atom. The van der Waals surface area contributed by atoms with Crippen LogP contribution < -0.4 is 0 Å². The van der Waals surface area contributed by atoms with Crippen LogP contribution in [0, 0.1) is 29.1 Å². The number of carbonyl (C=O) groups excluding carboxylic acids is 5. The summed E-state index contributed by atoms with van der Waals surface area (Å²) in [6.07, 6.45) is 27.2. The number of Topliss-reactive ketones (excluding diaryl/α,β-unsaturated/α-hetero) is 2. The molecule has 4 aliphatic rings. The first-order valence-corrected chi connectivity index (χ1v) is 19.3. The van der Waals surface area contributed by atoms with Crippen LogP contribution in [0.2, 0.25) is 0 Å². The number of aliphatic hydroxyl groups is 1. The maximum Gasteiger partial charge on any atom is 0.306 e. The Bertz CT molecular complexity index is 1260. The van der Waals surface area contributed by atoms with Crippen molar-refractivity contribution in [2.24, 2.45) is 29.1 Å². The van der Waals surface area contributed by atoms with Gasteiger partial charge in [0.2, 0.25) is 0 Å². The molecular formula is C41H60O8. The van der Waals surface area contributed by atoms with Gasteiger partial charge in [0.15, 0.2) is 11.6 Å². The van der Waals surface area contributed by atoms with Crippen LogP contribution in [0.4, 0.5) is 0 Å². The first-order valence-electron chi connectivity index (χ1n) is 19.3. The van der Waals surface area contributed by atoms with Crippen molar-refractivity contribution in [1.29, 1.82) is 0 Å². The smallest absolute Gasteiger partial charge is 0.306 e. The molecule has 0 aromatic carbocycles. The Labute approximate surface area is 293 Å². The Kier molecular flexibility index (Phi) is 15.0. The summed E-state index contributed by atoms with van der Waals surface area (Å²) < 4.78 is 10.5. The highest BCUT2D eigenvalue weighted by Gasteiger charge is 2.64. The van der Waals surface area contributed by atoms with Crippen LogP contribution in [0.15, 0.2) is 36.0 Å². The molecule has 0 heterocycles. The topological polar surface area (TPSA) is 124 Å². The normalized spacial score (nSPS) is 28.9. The molecule has 0 aromatic heterocycles. The second kappa shape index (κ2) is 18.9. The third kappa shape index (κ3) is 10.3. The fraction of sp³-hybridized carbons (Fsp3) is 0.732. The molecule has 0 bridgehead atoms. The van der Waals surface area contributed by atoms with Crippen molar-refractivity contribution in [3.63, 3.8) is 0 Å². The van der Waals surface area contributed by atoms with Crippen molar-refractivity contribution >= 4 is 29.3 Å². The molecule has 5 unspecified atom stereocenters. The molecule has 272 valence electrons. The molecule has 0 radical (unpaired) electrons. The lowest BCUT2D eigenvalue weighted by Crippen LogP contribution is -2.59. The number of ketones is 3. The predicted octanol–water partition coefficient (Wildman–Crippen LogP) is 7.90. The Morgan fingerprint density at radius 2 is 1.49 bits per heavy atom. The molecule has 8 heteroatoms. The van der Waals surface area contributed by atoms with Crippen molar-refractivity contribution in [2.75, 3.05) is 13.2 Å². The van der Waals surface area contributed by atoms with E-state index in [9.17, 15) is 29.1 Å². The van der Waals surface area contributed by atoms with E-state index in [4.69, 9.17) is 9.47 Å². The van der Waals surface area contributed by atoms with Gasteiger partial charge in [0, 0.05) is 17.8 Å². The van der Waals surface area contributed by atoms with Crippen molar-refractivity contribution in [3.8, 4) is 0 Å². The number of hydrogen-bond donors (Lipinski definition) is 1. The second-order valence-electron chi connectivity index (χ2n) is 15.2. The SMILES string of the molecule is CCCCCCC/C=C\CCCCCCCCOC(=O)CCC(=O)OCC(=O)C1CCC2C3CCC4=CC(=O)C=CC4(C)[C@H]3C(=O)CC12O. The molecule has 0 saturated heterocycles. The van der Waals surface area contributed by atoms with E-state index in [1.165, 1.54) is 63.9 Å². The summed E-state index contributed by atoms with van der Waals surface area (Å²) in [6.45, 7) is 4.10. The first kappa shape index (κ1) is 38.9.